The number of hydrogen-bond acceptors (Lipinski definition) is 38. The van der Waals surface area contributed by atoms with Crippen LogP contribution in [0.3, 0.4) is 0 Å². The number of carbonyl (C=O) groups excluding carboxylic acids is 13. The summed E-state index contributed by atoms with van der Waals surface area (Å²) < 4.78 is 46.2. The minimum Gasteiger partial charge on any atom is -0.480 e. The van der Waals surface area contributed by atoms with Gasteiger partial charge in [0.1, 0.15) is 171 Å². The van der Waals surface area contributed by atoms with Gasteiger partial charge >= 0.3 is 29.8 Å². The van der Waals surface area contributed by atoms with Crippen molar-refractivity contribution in [3.8, 4) is 0 Å². The number of aliphatic hydroxyl groups is 10. The van der Waals surface area contributed by atoms with Crippen LogP contribution in [0.15, 0.2) is 0 Å². The summed E-state index contributed by atoms with van der Waals surface area (Å²) in [5.41, 5.74) is 11.7. The SMILES string of the molecule is CC(=O)NC1C(OC2C(CO)OC(O)C(NC(C)=O)C2OC(C)C(=O)NC(C)C(=O)NC(CCC(=O)NC(CCCC(NC(=O)C(C)NC(=O)C(CCCC(N)C(=O)O)NC(=O)CCC(NC(=O)C(C)NC(=O)C(C)OC2C(NC(C)=O)C(O)OC(CO)C2OC2OC(CO)C(O)C(O)C2N)C(=O)O)C(=O)O)C(=O)NC(C)C(=O)NCC(=O)O)C(=O)O)OC(CO)C(O)C1O. The Morgan fingerprint density at radius 3 is 1.05 bits per heavy atom. The van der Waals surface area contributed by atoms with Crippen LogP contribution >= 0.6 is 0 Å². The molecule has 4 rings (SSSR count). The van der Waals surface area contributed by atoms with Crippen LogP contribution in [0.4, 0.5) is 0 Å². The van der Waals surface area contributed by atoms with Gasteiger partial charge in [-0.1, -0.05) is 0 Å². The maximum Gasteiger partial charge on any atom is 0.326 e. The Labute approximate surface area is 740 Å². The molecule has 738 valence electrons. The Kier molecular flexibility index (Phi) is 45.9. The van der Waals surface area contributed by atoms with Crippen LogP contribution in [0.5, 0.6) is 0 Å². The summed E-state index contributed by atoms with van der Waals surface area (Å²) in [6, 6.07) is -23.6. The lowest BCUT2D eigenvalue weighted by Crippen LogP contribution is -2.70. The second-order valence-electron chi connectivity index (χ2n) is 31.2. The molecular weight excluding hydrogens is 1750 g/mol. The van der Waals surface area contributed by atoms with Crippen molar-refractivity contribution in [2.24, 2.45) is 11.5 Å². The number of amides is 13. The lowest BCUT2D eigenvalue weighted by molar-refractivity contribution is -0.333. The zero-order valence-corrected chi connectivity index (χ0v) is 72.1. The molecule has 0 saturated carbocycles. The summed E-state index contributed by atoms with van der Waals surface area (Å²) >= 11 is 0. The summed E-state index contributed by atoms with van der Waals surface area (Å²) in [5.74, 6) is -21.9. The maximum absolute atomic E-state index is 13.9. The van der Waals surface area contributed by atoms with Crippen LogP contribution in [0.25, 0.3) is 0 Å². The molecule has 4 fully saturated rings. The Bertz CT molecular complexity index is 3900. The summed E-state index contributed by atoms with van der Waals surface area (Å²) in [6.07, 6.45) is -36.6. The average molecular weight is 1880 g/mol. The molecule has 32 unspecified atom stereocenters. The number of nitrogens with one attached hydrogen (secondary N) is 13. The highest BCUT2D eigenvalue weighted by Gasteiger charge is 2.55. The third-order valence-electron chi connectivity index (χ3n) is 20.9. The molecule has 4 aliphatic rings. The molecule has 0 aliphatic carbocycles. The van der Waals surface area contributed by atoms with Crippen LogP contribution in [-0.2, 0) is 124 Å². The number of carbonyl (C=O) groups is 18. The number of hydrogen-bond donors (Lipinski definition) is 30. The van der Waals surface area contributed by atoms with Gasteiger partial charge in [0.15, 0.2) is 25.2 Å². The first kappa shape index (κ1) is 112. The van der Waals surface area contributed by atoms with Crippen LogP contribution in [0.1, 0.15) is 127 Å². The largest absolute Gasteiger partial charge is 0.480 e. The van der Waals surface area contributed by atoms with Gasteiger partial charge in [0.25, 0.3) is 0 Å². The standard InChI is InChI=1S/C74H121N15O41/c1-25(59(105)77-20-46(99)100)80-65(111)36(86-45(98)19-17-39(70(119)120)89-61(107)27(3)79-64(110)30(6)124-58-50(84-33(9)96)72(122)126-43(24-93)56(58)130-74-48(82-31(7)94)54(104)52(102)41(22-91)128-74)14-11-15-37(68(115)116)87-62(108)28(4)81-66(112)35(13-10-12-34(75)67(113)114)85-44(97)18-16-38(69(117)118)88-60(106)26(2)78-63(109)29(5)123-57-49(83-32(8)95)71(121)125-42(23-92)55(57)129-73-47(76)53(103)51(101)40(21-90)127-73/h25-30,34-43,47-58,71-74,90-93,101-104,121-122H,10-24,75-76H2,1-9H3,(H,77,105)(H,78,109)(H,79,110)(H,80,111)(H,81,112)(H,82,94)(H,83,95)(H,84,96)(H,85,97)(H,86,98)(H,87,108)(H,88,106)(H,89,107)(H,99,100)(H,113,114)(H,115,116)(H,117,118)(H,119,120). The molecule has 13 amide bonds. The Hall–Kier alpha value is -10.3. The van der Waals surface area contributed by atoms with Gasteiger partial charge in [-0.05, 0) is 92.9 Å². The van der Waals surface area contributed by atoms with E-state index >= 15 is 0 Å². The first-order chi connectivity index (χ1) is 60.8. The summed E-state index contributed by atoms with van der Waals surface area (Å²) in [4.78, 5) is 234. The number of aliphatic carboxylic acids is 5. The first-order valence-corrected chi connectivity index (χ1v) is 41.0. The van der Waals surface area contributed by atoms with Gasteiger partial charge in [-0.3, -0.25) is 71.9 Å². The summed E-state index contributed by atoms with van der Waals surface area (Å²) in [7, 11) is 0. The maximum atomic E-state index is 13.9. The average Bonchev–Trinajstić information content (AvgIpc) is 0.776. The molecule has 4 aliphatic heterocycles. The Morgan fingerprint density at radius 2 is 0.685 bits per heavy atom. The van der Waals surface area contributed by atoms with E-state index in [1.165, 1.54) is 0 Å². The summed E-state index contributed by atoms with van der Waals surface area (Å²) in [6.45, 7) is 5.08. The Balaban J connectivity index is 1.44. The van der Waals surface area contributed by atoms with Crippen molar-refractivity contribution in [3.05, 3.63) is 0 Å². The second-order valence-corrected chi connectivity index (χ2v) is 31.2. The zero-order valence-electron chi connectivity index (χ0n) is 72.1. The topological polar surface area (TPSA) is 893 Å². The highest BCUT2D eigenvalue weighted by atomic mass is 16.7. The highest BCUT2D eigenvalue weighted by molar-refractivity contribution is 5.96. The van der Waals surface area contributed by atoms with E-state index in [1.54, 1.807) is 0 Å². The monoisotopic (exact) mass is 1880 g/mol. The van der Waals surface area contributed by atoms with E-state index in [0.29, 0.717) is 0 Å². The molecule has 56 nitrogen and oxygen atoms in total. The number of nitrogens with two attached hydrogens (primary N) is 2. The number of rotatable bonds is 52. The number of aliphatic hydroxyl groups excluding tert-OH is 10. The lowest BCUT2D eigenvalue weighted by Gasteiger charge is -2.48. The molecule has 0 radical (unpaired) electrons. The molecule has 4 saturated heterocycles. The quantitative estimate of drug-likeness (QED) is 0.0269. The van der Waals surface area contributed by atoms with Gasteiger partial charge in [0, 0.05) is 33.6 Å². The van der Waals surface area contributed by atoms with Crippen LogP contribution in [0.2, 0.25) is 0 Å². The smallest absolute Gasteiger partial charge is 0.326 e. The van der Waals surface area contributed by atoms with Crippen molar-refractivity contribution in [1.82, 2.24) is 69.1 Å². The molecule has 4 heterocycles. The predicted molar refractivity (Wildman–Crippen MR) is 426 cm³/mol. The van der Waals surface area contributed by atoms with Crippen molar-refractivity contribution in [2.45, 2.75) is 322 Å². The molecule has 56 heteroatoms. The third-order valence-corrected chi connectivity index (χ3v) is 20.9. The normalized spacial score (nSPS) is 28.2. The molecule has 32 atom stereocenters. The van der Waals surface area contributed by atoms with Gasteiger partial charge < -0.3 is 195 Å². The van der Waals surface area contributed by atoms with Gasteiger partial charge in [-0.25, -0.2) is 14.4 Å². The van der Waals surface area contributed by atoms with E-state index in [1.807, 2.05) is 5.32 Å². The predicted octanol–water partition coefficient (Wildman–Crippen LogP) is -15.3. The minimum atomic E-state index is -2.00. The molecule has 0 aromatic rings. The fourth-order valence-electron chi connectivity index (χ4n) is 13.6. The van der Waals surface area contributed by atoms with E-state index in [0.717, 1.165) is 62.3 Å². The third kappa shape index (κ3) is 34.1. The highest BCUT2D eigenvalue weighted by Crippen LogP contribution is 2.34. The van der Waals surface area contributed by atoms with Crippen molar-refractivity contribution >= 4 is 107 Å². The van der Waals surface area contributed by atoms with Crippen LogP contribution < -0.4 is 80.6 Å². The number of ether oxygens (including phenoxy) is 8. The van der Waals surface area contributed by atoms with E-state index in [4.69, 9.17) is 54.5 Å². The summed E-state index contributed by atoms with van der Waals surface area (Å²) in [5, 5.41) is 183. The molecule has 0 bridgehead atoms. The number of carboxylic acids is 5. The van der Waals surface area contributed by atoms with Crippen LogP contribution in [-0.4, -0.2) is 411 Å². The molecule has 130 heavy (non-hydrogen) atoms. The second kappa shape index (κ2) is 53.2. The van der Waals surface area contributed by atoms with E-state index in [-0.39, 0.29) is 12.8 Å². The fraction of sp³-hybridized carbons (Fsp3) is 0.757. The van der Waals surface area contributed by atoms with E-state index in [2.05, 4.69) is 63.8 Å². The van der Waals surface area contributed by atoms with Crippen molar-refractivity contribution < 1.29 is 201 Å². The Morgan fingerprint density at radius 1 is 0.354 bits per heavy atom. The molecule has 0 aromatic heterocycles. The fourth-order valence-corrected chi connectivity index (χ4v) is 13.6. The molecule has 0 aromatic carbocycles. The van der Waals surface area contributed by atoms with E-state index < -0.39 is 386 Å². The van der Waals surface area contributed by atoms with Gasteiger partial charge in [0.2, 0.25) is 76.8 Å². The van der Waals surface area contributed by atoms with Gasteiger partial charge in [-0.15, -0.1) is 0 Å². The van der Waals surface area contributed by atoms with Crippen molar-refractivity contribution in [2.75, 3.05) is 33.0 Å². The van der Waals surface area contributed by atoms with Gasteiger partial charge in [-0.2, -0.15) is 0 Å². The van der Waals surface area contributed by atoms with Crippen molar-refractivity contribution in [1.29, 1.82) is 0 Å². The zero-order chi connectivity index (χ0) is 98.3. The lowest BCUT2D eigenvalue weighted by atomic mass is 9.94. The first-order valence-electron chi connectivity index (χ1n) is 41.0. The molecule has 0 spiro atoms. The minimum absolute atomic E-state index is 0.209. The number of carboxylic acid groups (broad SMARTS) is 5. The van der Waals surface area contributed by atoms with Crippen LogP contribution in [0, 0.1) is 0 Å². The van der Waals surface area contributed by atoms with Gasteiger partial charge in [0.05, 0.1) is 32.5 Å². The molecular formula is C74H121N15O41. The molecule has 32 N–H and O–H groups in total. The van der Waals surface area contributed by atoms with Crippen molar-refractivity contribution in [3.63, 3.8) is 0 Å². The van der Waals surface area contributed by atoms with E-state index in [9.17, 15) is 158 Å².